The van der Waals surface area contributed by atoms with E-state index in [1.165, 1.54) is 15.5 Å². The Morgan fingerprint density at radius 3 is 2.54 bits per heavy atom. The number of amides is 1. The van der Waals surface area contributed by atoms with Crippen molar-refractivity contribution in [2.24, 2.45) is 5.41 Å². The topological polar surface area (TPSA) is 125 Å². The SMILES string of the molecule is Cc1nc(C(=O)N2c3cccc4oc(=O)n(c34)C3=C(C2C2=C(F)C=C(OCc4ccccc4)CC2)S(=O)(=O)CC(C)(C)C3)c(C)o1. The minimum absolute atomic E-state index is 0.0475. The third kappa shape index (κ3) is 4.91. The second kappa shape index (κ2) is 10.7. The zero-order valence-electron chi connectivity index (χ0n) is 25.8. The molecule has 0 saturated heterocycles. The maximum atomic E-state index is 16.5. The molecule has 0 radical (unpaired) electrons. The number of halogens is 1. The minimum Gasteiger partial charge on any atom is -0.493 e. The molecule has 0 saturated carbocycles. The number of aryl methyl sites for hydroxylation is 2. The highest BCUT2D eigenvalue weighted by Gasteiger charge is 2.50. The maximum Gasteiger partial charge on any atom is 0.424 e. The number of fused-ring (bicyclic) bond motifs is 1. The number of anilines is 1. The molecule has 10 nitrogen and oxygen atoms in total. The molecule has 1 aliphatic carbocycles. The van der Waals surface area contributed by atoms with Crippen LogP contribution in [0.15, 0.2) is 90.3 Å². The van der Waals surface area contributed by atoms with Crippen molar-refractivity contribution in [2.45, 2.75) is 59.6 Å². The highest BCUT2D eigenvalue weighted by atomic mass is 32.2. The Labute approximate surface area is 264 Å². The van der Waals surface area contributed by atoms with Crippen LogP contribution in [0.2, 0.25) is 0 Å². The van der Waals surface area contributed by atoms with Gasteiger partial charge in [0.1, 0.15) is 23.7 Å². The second-order valence-electron chi connectivity index (χ2n) is 12.7. The Kier molecular flexibility index (Phi) is 6.96. The third-order valence-corrected chi connectivity index (χ3v) is 10.9. The Balaban J connectivity index is 1.49. The first-order chi connectivity index (χ1) is 21.8. The van der Waals surface area contributed by atoms with E-state index in [4.69, 9.17) is 13.6 Å². The lowest BCUT2D eigenvalue weighted by molar-refractivity contribution is 0.0977. The quantitative estimate of drug-likeness (QED) is 0.246. The van der Waals surface area contributed by atoms with Crippen LogP contribution in [-0.2, 0) is 21.2 Å². The van der Waals surface area contributed by atoms with Crippen LogP contribution < -0.4 is 10.7 Å². The van der Waals surface area contributed by atoms with Gasteiger partial charge in [-0.05, 0) is 48.4 Å². The molecule has 1 atom stereocenters. The summed E-state index contributed by atoms with van der Waals surface area (Å²) in [6.07, 6.45) is 1.76. The average molecular weight is 646 g/mol. The largest absolute Gasteiger partial charge is 0.493 e. The molecule has 3 aliphatic rings. The van der Waals surface area contributed by atoms with Gasteiger partial charge in [0.2, 0.25) is 0 Å². The summed E-state index contributed by atoms with van der Waals surface area (Å²) in [5.74, 6) is -1.60. The van der Waals surface area contributed by atoms with Crippen molar-refractivity contribution in [3.63, 3.8) is 0 Å². The van der Waals surface area contributed by atoms with Crippen LogP contribution in [0.5, 0.6) is 0 Å². The summed E-state index contributed by atoms with van der Waals surface area (Å²) in [7, 11) is -4.17. The summed E-state index contributed by atoms with van der Waals surface area (Å²) >= 11 is 0. The summed E-state index contributed by atoms with van der Waals surface area (Å²) in [4.78, 5) is 33.5. The van der Waals surface area contributed by atoms with Gasteiger partial charge in [-0.3, -0.25) is 9.69 Å². The first-order valence-corrected chi connectivity index (χ1v) is 16.6. The van der Waals surface area contributed by atoms with Crippen molar-refractivity contribution in [2.75, 3.05) is 10.7 Å². The summed E-state index contributed by atoms with van der Waals surface area (Å²) in [6, 6.07) is 12.8. The molecular formula is C34H32FN3O7S. The molecule has 1 amide bonds. The van der Waals surface area contributed by atoms with E-state index in [0.29, 0.717) is 5.76 Å². The lowest BCUT2D eigenvalue weighted by Gasteiger charge is -2.39. The Bertz CT molecular complexity index is 2190. The van der Waals surface area contributed by atoms with Gasteiger partial charge in [-0.1, -0.05) is 50.2 Å². The Morgan fingerprint density at radius 1 is 1.09 bits per heavy atom. The van der Waals surface area contributed by atoms with Gasteiger partial charge in [0.05, 0.1) is 28.1 Å². The van der Waals surface area contributed by atoms with Crippen molar-refractivity contribution in [1.29, 1.82) is 0 Å². The van der Waals surface area contributed by atoms with E-state index in [2.05, 4.69) is 4.98 Å². The molecule has 0 fully saturated rings. The number of nitrogens with zero attached hydrogens (tertiary/aromatic N) is 3. The summed E-state index contributed by atoms with van der Waals surface area (Å²) in [6.45, 7) is 7.01. The van der Waals surface area contributed by atoms with E-state index < -0.39 is 38.8 Å². The number of carbonyl (C=O) groups excluding carboxylic acids is 1. The molecule has 0 bridgehead atoms. The average Bonchev–Trinajstić information content (AvgIpc) is 3.47. The molecule has 238 valence electrons. The van der Waals surface area contributed by atoms with E-state index in [1.54, 1.807) is 45.9 Å². The number of allylic oxidation sites excluding steroid dienone is 4. The number of carbonyl (C=O) groups is 1. The molecule has 4 aromatic rings. The number of rotatable bonds is 5. The van der Waals surface area contributed by atoms with E-state index in [1.807, 2.05) is 30.3 Å². The lowest BCUT2D eigenvalue weighted by atomic mass is 9.87. The van der Waals surface area contributed by atoms with Gasteiger partial charge in [0.15, 0.2) is 27.0 Å². The Morgan fingerprint density at radius 2 is 1.85 bits per heavy atom. The first-order valence-electron chi connectivity index (χ1n) is 15.0. The standard InChI is InChI=1S/C34H32FN3O7S/c1-19-28(36-20(2)44-19)32(39)37-25-11-8-12-27-30(25)38(33(40)45-27)26-16-34(3,4)18-46(41,42)31(26)29(37)23-14-13-22(15-24(23)35)43-17-21-9-6-5-7-10-21/h5-12,15,29H,13-14,16-18H2,1-4H3. The smallest absolute Gasteiger partial charge is 0.424 e. The molecule has 2 aliphatic heterocycles. The summed E-state index contributed by atoms with van der Waals surface area (Å²) in [5, 5.41) is 0. The summed E-state index contributed by atoms with van der Waals surface area (Å²) < 4.78 is 63.6. The molecule has 2 aromatic heterocycles. The van der Waals surface area contributed by atoms with Crippen LogP contribution in [0.3, 0.4) is 0 Å². The van der Waals surface area contributed by atoms with Crippen LogP contribution in [0, 0.1) is 19.3 Å². The number of oxazole rings is 2. The van der Waals surface area contributed by atoms with Gasteiger partial charge < -0.3 is 13.6 Å². The lowest BCUT2D eigenvalue weighted by Crippen LogP contribution is -2.47. The van der Waals surface area contributed by atoms with E-state index in [-0.39, 0.29) is 81.9 Å². The maximum absolute atomic E-state index is 16.5. The number of benzene rings is 2. The number of sulfone groups is 1. The van der Waals surface area contributed by atoms with Gasteiger partial charge in [-0.15, -0.1) is 0 Å². The fourth-order valence-electron chi connectivity index (χ4n) is 6.82. The monoisotopic (exact) mass is 645 g/mol. The molecule has 0 spiro atoms. The predicted molar refractivity (Wildman–Crippen MR) is 169 cm³/mol. The molecule has 1 unspecified atom stereocenters. The van der Waals surface area contributed by atoms with Gasteiger partial charge in [-0.25, -0.2) is 27.2 Å². The molecule has 7 rings (SSSR count). The fourth-order valence-corrected chi connectivity index (χ4v) is 9.22. The van der Waals surface area contributed by atoms with Crippen molar-refractivity contribution in [3.8, 4) is 0 Å². The van der Waals surface area contributed by atoms with Crippen molar-refractivity contribution in [3.05, 3.63) is 110 Å². The van der Waals surface area contributed by atoms with Crippen LogP contribution >= 0.6 is 0 Å². The minimum atomic E-state index is -4.17. The van der Waals surface area contributed by atoms with E-state index in [0.717, 1.165) is 5.56 Å². The van der Waals surface area contributed by atoms with Crippen molar-refractivity contribution >= 4 is 38.2 Å². The Hall–Kier alpha value is -4.71. The van der Waals surface area contributed by atoms with Crippen LogP contribution in [0.1, 0.15) is 60.8 Å². The molecule has 0 N–H and O–H groups in total. The summed E-state index contributed by atoms with van der Waals surface area (Å²) in [5.41, 5.74) is 0.924. The van der Waals surface area contributed by atoms with E-state index in [9.17, 15) is 18.0 Å². The molecule has 2 aromatic carbocycles. The van der Waals surface area contributed by atoms with Gasteiger partial charge in [0, 0.05) is 25.1 Å². The molecule has 4 heterocycles. The van der Waals surface area contributed by atoms with E-state index >= 15 is 4.39 Å². The van der Waals surface area contributed by atoms with Crippen molar-refractivity contribution < 1.29 is 31.2 Å². The first kappa shape index (κ1) is 30.0. The molecule has 46 heavy (non-hydrogen) atoms. The predicted octanol–water partition coefficient (Wildman–Crippen LogP) is 6.36. The van der Waals surface area contributed by atoms with Gasteiger partial charge >= 0.3 is 5.76 Å². The zero-order chi connectivity index (χ0) is 32.5. The number of para-hydroxylation sites is 1. The van der Waals surface area contributed by atoms with Gasteiger partial charge in [-0.2, -0.15) is 0 Å². The zero-order valence-corrected chi connectivity index (χ0v) is 26.6. The van der Waals surface area contributed by atoms with Gasteiger partial charge in [0.25, 0.3) is 5.91 Å². The second-order valence-corrected chi connectivity index (χ2v) is 14.7. The molecular weight excluding hydrogens is 613 g/mol. The van der Waals surface area contributed by atoms with Crippen LogP contribution in [0.4, 0.5) is 10.1 Å². The van der Waals surface area contributed by atoms with Crippen LogP contribution in [0.25, 0.3) is 16.8 Å². The molecule has 12 heteroatoms. The fraction of sp³-hybridized carbons (Fsp3) is 0.324. The number of ether oxygens (including phenoxy) is 1. The van der Waals surface area contributed by atoms with Crippen molar-refractivity contribution in [1.82, 2.24) is 9.55 Å². The number of hydrogen-bond acceptors (Lipinski definition) is 8. The normalized spacial score (nSPS) is 20.4. The number of hydrogen-bond donors (Lipinski definition) is 0. The third-order valence-electron chi connectivity index (χ3n) is 8.62. The highest BCUT2D eigenvalue weighted by Crippen LogP contribution is 2.49. The van der Waals surface area contributed by atoms with Crippen LogP contribution in [-0.4, -0.2) is 35.7 Å². The highest BCUT2D eigenvalue weighted by molar-refractivity contribution is 7.95. The number of aromatic nitrogens is 2.